The van der Waals surface area contributed by atoms with Crippen molar-refractivity contribution in [2.75, 3.05) is 4.90 Å². The number of hydrogen-bond acceptors (Lipinski definition) is 1. The van der Waals surface area contributed by atoms with Gasteiger partial charge in [0.15, 0.2) is 29.2 Å². The van der Waals surface area contributed by atoms with Crippen LogP contribution in [0.1, 0.15) is 16.7 Å². The fraction of sp³-hybridized carbons (Fsp3) is 0.136. The zero-order chi connectivity index (χ0) is 22.3. The molecule has 160 valence electrons. The van der Waals surface area contributed by atoms with Crippen LogP contribution in [-0.2, 0) is 19.6 Å². The highest BCUT2D eigenvalue weighted by molar-refractivity contribution is 9.10. The first-order valence-corrected chi connectivity index (χ1v) is 10.8. The molecule has 31 heavy (non-hydrogen) atoms. The molecule has 9 heteroatoms. The van der Waals surface area contributed by atoms with Gasteiger partial charge in [-0.15, -0.1) is 0 Å². The van der Waals surface area contributed by atoms with Gasteiger partial charge in [-0.05, 0) is 47.0 Å². The van der Waals surface area contributed by atoms with E-state index in [1.165, 1.54) is 0 Å². The molecule has 1 N–H and O–H groups in total. The van der Waals surface area contributed by atoms with E-state index < -0.39 is 23.3 Å². The molecule has 3 nitrogen and oxygen atoms in total. The van der Waals surface area contributed by atoms with Crippen molar-refractivity contribution in [2.45, 2.75) is 19.6 Å². The van der Waals surface area contributed by atoms with Crippen LogP contribution in [0.5, 0.6) is 0 Å². The minimum atomic E-state index is -0.974. The van der Waals surface area contributed by atoms with Gasteiger partial charge in [0, 0.05) is 27.7 Å². The third kappa shape index (κ3) is 4.34. The van der Waals surface area contributed by atoms with E-state index in [-0.39, 0.29) is 19.0 Å². The predicted octanol–water partition coefficient (Wildman–Crippen LogP) is 6.73. The summed E-state index contributed by atoms with van der Waals surface area (Å²) in [7, 11) is 0. The Labute approximate surface area is 193 Å². The fourth-order valence-corrected chi connectivity index (χ4v) is 4.39. The van der Waals surface area contributed by atoms with E-state index in [1.54, 1.807) is 9.80 Å². The highest BCUT2D eigenvalue weighted by Gasteiger charge is 2.29. The molecule has 0 spiro atoms. The van der Waals surface area contributed by atoms with Crippen LogP contribution in [0.25, 0.3) is 0 Å². The lowest BCUT2D eigenvalue weighted by molar-refractivity contribution is 0.382. The first-order valence-electron chi connectivity index (χ1n) is 9.20. The smallest absolute Gasteiger partial charge is 0.199 e. The van der Waals surface area contributed by atoms with Gasteiger partial charge in [0.25, 0.3) is 0 Å². The van der Waals surface area contributed by atoms with Crippen molar-refractivity contribution in [2.24, 2.45) is 0 Å². The first-order chi connectivity index (χ1) is 14.7. The van der Waals surface area contributed by atoms with Crippen molar-refractivity contribution in [1.82, 2.24) is 4.90 Å². The van der Waals surface area contributed by atoms with Gasteiger partial charge < -0.3 is 9.80 Å². The van der Waals surface area contributed by atoms with Crippen LogP contribution in [-0.4, -0.2) is 10.9 Å². The molecule has 0 aromatic heterocycles. The summed E-state index contributed by atoms with van der Waals surface area (Å²) in [6, 6.07) is 11.8. The van der Waals surface area contributed by atoms with Crippen molar-refractivity contribution in [3.05, 3.63) is 97.4 Å². The zero-order valence-corrected chi connectivity index (χ0v) is 19.1. The topological polar surface area (TPSA) is 30.3 Å². The molecule has 0 bridgehead atoms. The Kier molecular flexibility index (Phi) is 6.07. The maximum atomic E-state index is 13.8. The van der Waals surface area contributed by atoms with E-state index in [9.17, 15) is 17.6 Å². The Bertz CT molecular complexity index is 1190. The Morgan fingerprint density at radius 1 is 0.774 bits per heavy atom. The minimum absolute atomic E-state index is 0.104. The number of anilines is 1. The van der Waals surface area contributed by atoms with E-state index in [1.807, 2.05) is 24.3 Å². The monoisotopic (exact) mass is 555 g/mol. The van der Waals surface area contributed by atoms with Crippen LogP contribution in [0.3, 0.4) is 0 Å². The van der Waals surface area contributed by atoms with Crippen LogP contribution < -0.4 is 4.90 Å². The molecule has 1 aliphatic heterocycles. The quantitative estimate of drug-likeness (QED) is 0.285. The number of nitrogens with zero attached hydrogens (tertiary/aromatic N) is 2. The molecule has 0 unspecified atom stereocenters. The maximum absolute atomic E-state index is 13.8. The lowest BCUT2D eigenvalue weighted by atomic mass is 10.1. The molecule has 4 rings (SSSR count). The van der Waals surface area contributed by atoms with Gasteiger partial charge in [0.2, 0.25) is 0 Å². The first kappa shape index (κ1) is 21.8. The molecule has 1 heterocycles. The van der Waals surface area contributed by atoms with E-state index in [2.05, 4.69) is 31.9 Å². The van der Waals surface area contributed by atoms with Crippen molar-refractivity contribution in [1.29, 1.82) is 5.41 Å². The van der Waals surface area contributed by atoms with E-state index in [0.717, 1.165) is 35.5 Å². The molecule has 3 aromatic carbocycles. The molecule has 1 aliphatic rings. The molecular weight excluding hydrogens is 542 g/mol. The van der Waals surface area contributed by atoms with Crippen molar-refractivity contribution in [3.63, 3.8) is 0 Å². The van der Waals surface area contributed by atoms with E-state index in [0.29, 0.717) is 26.6 Å². The van der Waals surface area contributed by atoms with Crippen LogP contribution in [0.2, 0.25) is 0 Å². The van der Waals surface area contributed by atoms with E-state index >= 15 is 0 Å². The molecule has 0 radical (unpaired) electrons. The van der Waals surface area contributed by atoms with Crippen LogP contribution in [0.15, 0.2) is 57.5 Å². The third-order valence-corrected chi connectivity index (χ3v) is 6.54. The second-order valence-electron chi connectivity index (χ2n) is 7.11. The number of guanidine groups is 1. The number of benzene rings is 3. The molecule has 0 aliphatic carbocycles. The van der Waals surface area contributed by atoms with Gasteiger partial charge in [-0.2, -0.15) is 0 Å². The number of hydrogen-bond donors (Lipinski definition) is 1. The van der Waals surface area contributed by atoms with Gasteiger partial charge >= 0.3 is 0 Å². The molecule has 0 fully saturated rings. The van der Waals surface area contributed by atoms with Gasteiger partial charge in [-0.1, -0.05) is 50.1 Å². The SMILES string of the molecule is N=C1N(Cc2cc(F)c(F)cc2Br)Cc2ccccc2N1Cc1cc(F)c(F)cc1Br. The van der Waals surface area contributed by atoms with Crippen molar-refractivity contribution in [3.8, 4) is 0 Å². The fourth-order valence-electron chi connectivity index (χ4n) is 3.51. The van der Waals surface area contributed by atoms with Crippen molar-refractivity contribution < 1.29 is 17.6 Å². The number of nitrogens with one attached hydrogen (secondary N) is 1. The summed E-state index contributed by atoms with van der Waals surface area (Å²) < 4.78 is 55.4. The van der Waals surface area contributed by atoms with Gasteiger partial charge in [-0.3, -0.25) is 5.41 Å². The minimum Gasteiger partial charge on any atom is -0.334 e. The molecule has 0 saturated heterocycles. The second-order valence-corrected chi connectivity index (χ2v) is 8.82. The van der Waals surface area contributed by atoms with E-state index in [4.69, 9.17) is 5.41 Å². The number of rotatable bonds is 4. The van der Waals surface area contributed by atoms with Crippen LogP contribution >= 0.6 is 31.9 Å². The highest BCUT2D eigenvalue weighted by atomic mass is 79.9. The largest absolute Gasteiger partial charge is 0.334 e. The predicted molar refractivity (Wildman–Crippen MR) is 118 cm³/mol. The van der Waals surface area contributed by atoms with Gasteiger partial charge in [0.1, 0.15) is 0 Å². The summed E-state index contributed by atoms with van der Waals surface area (Å²) in [6.07, 6.45) is 0. The average Bonchev–Trinajstić information content (AvgIpc) is 2.72. The Hall–Kier alpha value is -2.39. The summed E-state index contributed by atoms with van der Waals surface area (Å²) in [4.78, 5) is 3.37. The Balaban J connectivity index is 1.70. The average molecular weight is 557 g/mol. The van der Waals surface area contributed by atoms with Crippen molar-refractivity contribution >= 4 is 43.5 Å². The summed E-state index contributed by atoms with van der Waals surface area (Å²) in [5.74, 6) is -3.76. The summed E-state index contributed by atoms with van der Waals surface area (Å²) >= 11 is 6.51. The summed E-state index contributed by atoms with van der Waals surface area (Å²) in [5, 5.41) is 8.75. The molecule has 0 saturated carbocycles. The number of halogens is 6. The number of para-hydroxylation sites is 1. The summed E-state index contributed by atoms with van der Waals surface area (Å²) in [5.41, 5.74) is 2.63. The highest BCUT2D eigenvalue weighted by Crippen LogP contribution is 2.33. The van der Waals surface area contributed by atoms with Gasteiger partial charge in [0.05, 0.1) is 6.54 Å². The Morgan fingerprint density at radius 3 is 1.90 bits per heavy atom. The zero-order valence-electron chi connectivity index (χ0n) is 15.9. The lowest BCUT2D eigenvalue weighted by Crippen LogP contribution is -2.47. The van der Waals surface area contributed by atoms with Crippen LogP contribution in [0.4, 0.5) is 23.2 Å². The molecule has 0 amide bonds. The normalized spacial score (nSPS) is 13.5. The Morgan fingerprint density at radius 2 is 1.29 bits per heavy atom. The standard InChI is InChI=1S/C22H15Br2F4N3/c23-15-7-19(27)17(25)5-13(15)10-30-9-12-3-1-2-4-21(12)31(22(30)29)11-14-6-18(26)20(28)8-16(14)24/h1-8,29H,9-11H2. The molecular formula is C22H15Br2F4N3. The summed E-state index contributed by atoms with van der Waals surface area (Å²) in [6.45, 7) is 0.652. The molecule has 3 aromatic rings. The third-order valence-electron chi connectivity index (χ3n) is 5.07. The van der Waals surface area contributed by atoms with Gasteiger partial charge in [-0.25, -0.2) is 17.6 Å². The van der Waals surface area contributed by atoms with Crippen LogP contribution in [0, 0.1) is 28.7 Å². The number of fused-ring (bicyclic) bond motifs is 1. The second kappa shape index (κ2) is 8.63. The lowest BCUT2D eigenvalue weighted by Gasteiger charge is -2.40. The maximum Gasteiger partial charge on any atom is 0.199 e. The molecule has 0 atom stereocenters.